The number of allylic oxidation sites excluding steroid dienone is 4. The Bertz CT molecular complexity index is 1200. The highest BCUT2D eigenvalue weighted by atomic mass is 16.7. The first-order valence-corrected chi connectivity index (χ1v) is 30.2. The zero-order valence-corrected chi connectivity index (χ0v) is 46.0. The van der Waals surface area contributed by atoms with Crippen LogP contribution >= 0.6 is 0 Å². The average Bonchev–Trinajstić information content (AvgIpc) is 3.37. The fraction of sp³-hybridized carbons (Fsp3) is 0.917. The van der Waals surface area contributed by atoms with Crippen LogP contribution in [-0.2, 0) is 14.3 Å². The van der Waals surface area contributed by atoms with Crippen LogP contribution in [-0.4, -0.2) is 110 Å². The number of amides is 1. The first kappa shape index (κ1) is 67.6. The molecule has 1 saturated heterocycles. The second-order valence-electron chi connectivity index (χ2n) is 21.4. The second kappa shape index (κ2) is 49.5. The summed E-state index contributed by atoms with van der Waals surface area (Å²) >= 11 is 0. The SMILES string of the molecule is CCCCCCCCCCCC/C=C/CCCC(O)C(O)C(COC1OC(CO)C(O)C(O)C1O)NC(=O)C(O)CCCCCCCCCCCCCCC/C=C\CCCCCCCCCCCCCC. The summed E-state index contributed by atoms with van der Waals surface area (Å²) in [4.78, 5) is 13.2. The minimum absolute atomic E-state index is 0.256. The van der Waals surface area contributed by atoms with Gasteiger partial charge in [0.2, 0.25) is 5.91 Å². The van der Waals surface area contributed by atoms with Gasteiger partial charge in [0, 0.05) is 0 Å². The van der Waals surface area contributed by atoms with Crippen molar-refractivity contribution in [3.8, 4) is 0 Å². The van der Waals surface area contributed by atoms with Crippen molar-refractivity contribution in [2.24, 2.45) is 0 Å². The van der Waals surface area contributed by atoms with E-state index in [4.69, 9.17) is 9.47 Å². The monoisotopic (exact) mass is 1010 g/mol. The average molecular weight is 1010 g/mol. The van der Waals surface area contributed by atoms with E-state index in [1.165, 1.54) is 205 Å². The van der Waals surface area contributed by atoms with Crippen LogP contribution in [0.2, 0.25) is 0 Å². The Morgan fingerprint density at radius 2 is 0.831 bits per heavy atom. The van der Waals surface area contributed by atoms with Gasteiger partial charge in [0.25, 0.3) is 0 Å². The largest absolute Gasteiger partial charge is 0.394 e. The molecule has 0 aliphatic carbocycles. The van der Waals surface area contributed by atoms with Crippen molar-refractivity contribution in [2.45, 2.75) is 339 Å². The van der Waals surface area contributed by atoms with E-state index in [0.717, 1.165) is 38.5 Å². The van der Waals surface area contributed by atoms with Crippen molar-refractivity contribution in [1.29, 1.82) is 0 Å². The van der Waals surface area contributed by atoms with E-state index in [2.05, 4.69) is 43.5 Å². The maximum atomic E-state index is 13.2. The molecule has 11 nitrogen and oxygen atoms in total. The zero-order chi connectivity index (χ0) is 51.8. The molecule has 0 aromatic rings. The molecule has 0 radical (unpaired) electrons. The third-order valence-electron chi connectivity index (χ3n) is 14.7. The van der Waals surface area contributed by atoms with Crippen LogP contribution in [0.4, 0.5) is 0 Å². The molecule has 11 heteroatoms. The molecule has 9 atom stereocenters. The number of unbranched alkanes of at least 4 members (excludes halogenated alkanes) is 36. The van der Waals surface area contributed by atoms with Gasteiger partial charge < -0.3 is 50.5 Å². The number of carbonyl (C=O) groups is 1. The van der Waals surface area contributed by atoms with E-state index in [0.29, 0.717) is 12.8 Å². The molecule has 1 aliphatic heterocycles. The Hall–Kier alpha value is -1.41. The quantitative estimate of drug-likeness (QED) is 0.0215. The van der Waals surface area contributed by atoms with Gasteiger partial charge in [-0.25, -0.2) is 0 Å². The van der Waals surface area contributed by atoms with Crippen LogP contribution in [0, 0.1) is 0 Å². The normalized spacial score (nSPS) is 20.3. The van der Waals surface area contributed by atoms with Crippen molar-refractivity contribution in [3.05, 3.63) is 24.3 Å². The van der Waals surface area contributed by atoms with Gasteiger partial charge in [0.05, 0.1) is 25.4 Å². The number of hydrogen-bond acceptors (Lipinski definition) is 10. The van der Waals surface area contributed by atoms with Crippen LogP contribution in [0.1, 0.15) is 284 Å². The molecule has 1 heterocycles. The van der Waals surface area contributed by atoms with Gasteiger partial charge in [-0.1, -0.05) is 244 Å². The van der Waals surface area contributed by atoms with Crippen LogP contribution in [0.5, 0.6) is 0 Å². The summed E-state index contributed by atoms with van der Waals surface area (Å²) < 4.78 is 11.1. The molecule has 0 bridgehead atoms. The molecule has 1 aliphatic rings. The molecule has 71 heavy (non-hydrogen) atoms. The summed E-state index contributed by atoms with van der Waals surface area (Å²) in [5.41, 5.74) is 0. The van der Waals surface area contributed by atoms with Gasteiger partial charge in [-0.2, -0.15) is 0 Å². The zero-order valence-electron chi connectivity index (χ0n) is 46.0. The highest BCUT2D eigenvalue weighted by Crippen LogP contribution is 2.23. The summed E-state index contributed by atoms with van der Waals surface area (Å²) in [5, 5.41) is 76.1. The van der Waals surface area contributed by atoms with Crippen molar-refractivity contribution in [1.82, 2.24) is 5.32 Å². The van der Waals surface area contributed by atoms with Gasteiger partial charge >= 0.3 is 0 Å². The fourth-order valence-electron chi connectivity index (χ4n) is 9.79. The van der Waals surface area contributed by atoms with E-state index in [9.17, 15) is 40.5 Å². The Morgan fingerprint density at radius 1 is 0.479 bits per heavy atom. The lowest BCUT2D eigenvalue weighted by Gasteiger charge is -2.40. The third kappa shape index (κ3) is 37.9. The molecule has 0 saturated carbocycles. The van der Waals surface area contributed by atoms with E-state index in [1.54, 1.807) is 0 Å². The van der Waals surface area contributed by atoms with Crippen LogP contribution in [0.3, 0.4) is 0 Å². The Kier molecular flexibility index (Phi) is 47.1. The Labute approximate surface area is 435 Å². The molecule has 9 unspecified atom stereocenters. The van der Waals surface area contributed by atoms with Crippen LogP contribution in [0.25, 0.3) is 0 Å². The highest BCUT2D eigenvalue weighted by molar-refractivity contribution is 5.80. The van der Waals surface area contributed by atoms with Gasteiger partial charge in [0.1, 0.15) is 36.6 Å². The molecule has 0 aromatic heterocycles. The molecular weight excluding hydrogens is 895 g/mol. The van der Waals surface area contributed by atoms with E-state index < -0.39 is 74.2 Å². The predicted octanol–water partition coefficient (Wildman–Crippen LogP) is 12.9. The van der Waals surface area contributed by atoms with Gasteiger partial charge in [-0.3, -0.25) is 4.79 Å². The summed E-state index contributed by atoms with van der Waals surface area (Å²) in [5.74, 6) is -0.703. The third-order valence-corrected chi connectivity index (χ3v) is 14.7. The van der Waals surface area contributed by atoms with E-state index in [-0.39, 0.29) is 12.8 Å². The molecule has 8 N–H and O–H groups in total. The lowest BCUT2D eigenvalue weighted by molar-refractivity contribution is -0.303. The number of nitrogens with one attached hydrogen (secondary N) is 1. The summed E-state index contributed by atoms with van der Waals surface area (Å²) in [6, 6.07) is -1.18. The molecule has 420 valence electrons. The lowest BCUT2D eigenvalue weighted by atomic mass is 9.98. The second-order valence-corrected chi connectivity index (χ2v) is 21.4. The molecule has 1 amide bonds. The van der Waals surface area contributed by atoms with Gasteiger partial charge in [-0.15, -0.1) is 0 Å². The molecule has 0 aromatic carbocycles. The molecule has 1 fully saturated rings. The number of rotatable bonds is 52. The van der Waals surface area contributed by atoms with Crippen molar-refractivity contribution >= 4 is 5.91 Å². The topological polar surface area (TPSA) is 189 Å². The van der Waals surface area contributed by atoms with Gasteiger partial charge in [-0.05, 0) is 64.2 Å². The van der Waals surface area contributed by atoms with Crippen molar-refractivity contribution in [2.75, 3.05) is 13.2 Å². The highest BCUT2D eigenvalue weighted by Gasteiger charge is 2.44. The van der Waals surface area contributed by atoms with E-state index >= 15 is 0 Å². The first-order valence-electron chi connectivity index (χ1n) is 30.2. The Morgan fingerprint density at radius 3 is 1.21 bits per heavy atom. The summed E-state index contributed by atoms with van der Waals surface area (Å²) in [7, 11) is 0. The lowest BCUT2D eigenvalue weighted by Crippen LogP contribution is -2.60. The van der Waals surface area contributed by atoms with Gasteiger partial charge in [0.15, 0.2) is 6.29 Å². The minimum Gasteiger partial charge on any atom is -0.394 e. The maximum Gasteiger partial charge on any atom is 0.249 e. The number of carbonyl (C=O) groups excluding carboxylic acids is 1. The Balaban J connectivity index is 2.24. The molecular formula is C60H115NO10. The minimum atomic E-state index is -1.67. The van der Waals surface area contributed by atoms with Crippen molar-refractivity contribution in [3.63, 3.8) is 0 Å². The maximum absolute atomic E-state index is 13.2. The van der Waals surface area contributed by atoms with Crippen LogP contribution < -0.4 is 5.32 Å². The predicted molar refractivity (Wildman–Crippen MR) is 293 cm³/mol. The number of hydrogen-bond donors (Lipinski definition) is 8. The first-order chi connectivity index (χ1) is 34.7. The number of ether oxygens (including phenoxy) is 2. The summed E-state index contributed by atoms with van der Waals surface area (Å²) in [6.45, 7) is 3.46. The van der Waals surface area contributed by atoms with E-state index in [1.807, 2.05) is 0 Å². The number of aliphatic hydroxyl groups is 7. The molecule has 0 spiro atoms. The smallest absolute Gasteiger partial charge is 0.249 e. The summed E-state index contributed by atoms with van der Waals surface area (Å²) in [6.07, 6.45) is 48.2. The van der Waals surface area contributed by atoms with Crippen molar-refractivity contribution < 1.29 is 50.0 Å². The standard InChI is InChI=1S/C60H115NO10/c1-3-5-7-9-11-13-15-17-19-20-21-22-23-24-25-26-27-28-29-30-31-32-34-36-38-40-42-44-46-48-53(64)59(69)61-51(50-70-60-58(68)57(67)56(66)54(49-62)71-60)55(65)52(63)47-45-43-41-39-37-35-33-18-16-14-12-10-8-6-4-2/h24-25,39,41,51-58,60,62-68H,3-23,26-38,40,42-50H2,1-2H3,(H,61,69)/b25-24-,41-39+. The van der Waals surface area contributed by atoms with Crippen LogP contribution in [0.15, 0.2) is 24.3 Å². The number of aliphatic hydroxyl groups excluding tert-OH is 7. The molecule has 1 rings (SSSR count). The fourth-order valence-corrected chi connectivity index (χ4v) is 9.79.